The van der Waals surface area contributed by atoms with Gasteiger partial charge in [-0.15, -0.1) is 0 Å². The van der Waals surface area contributed by atoms with Gasteiger partial charge in [0.05, 0.1) is 11.2 Å². The van der Waals surface area contributed by atoms with E-state index < -0.39 is 26.8 Å². The van der Waals surface area contributed by atoms with Crippen molar-refractivity contribution in [3.63, 3.8) is 0 Å². The predicted octanol–water partition coefficient (Wildman–Crippen LogP) is 3.39. The number of phosphoric acid groups is 2. The van der Waals surface area contributed by atoms with Gasteiger partial charge in [0.2, 0.25) is 0 Å². The predicted molar refractivity (Wildman–Crippen MR) is 108 cm³/mol. The van der Waals surface area contributed by atoms with Gasteiger partial charge >= 0.3 is 15.6 Å². The van der Waals surface area contributed by atoms with E-state index in [9.17, 15) is 18.7 Å². The molecule has 0 atom stereocenters. The van der Waals surface area contributed by atoms with Crippen LogP contribution in [0.3, 0.4) is 0 Å². The van der Waals surface area contributed by atoms with Crippen molar-refractivity contribution in [3.05, 3.63) is 35.4 Å². The summed E-state index contributed by atoms with van der Waals surface area (Å²) in [6.45, 7) is 5.88. The van der Waals surface area contributed by atoms with Crippen molar-refractivity contribution in [2.24, 2.45) is 0 Å². The van der Waals surface area contributed by atoms with Gasteiger partial charge in [-0.05, 0) is 40.5 Å². The zero-order chi connectivity index (χ0) is 23.4. The lowest BCUT2D eigenvalue weighted by Gasteiger charge is -2.25. The smallest absolute Gasteiger partial charge is 0.303 e. The number of hydrogen-bond acceptors (Lipinski definition) is 6. The average molecular weight is 466 g/mol. The first kappa shape index (κ1) is 26.8. The average Bonchev–Trinajstić information content (AvgIpc) is 2.53. The Labute approximate surface area is 175 Å². The van der Waals surface area contributed by atoms with Crippen LogP contribution in [0.2, 0.25) is 0 Å². The molecule has 0 saturated carbocycles. The SMILES string of the molecule is CC(C)(CCC(=O)c1ccc(C(=O)CCC(C)(C)OP(=O)(O)O)cc1)OP(=O)(O)O. The van der Waals surface area contributed by atoms with Gasteiger partial charge in [-0.25, -0.2) is 9.13 Å². The van der Waals surface area contributed by atoms with Crippen LogP contribution in [0.4, 0.5) is 0 Å². The maximum absolute atomic E-state index is 12.3. The maximum Gasteiger partial charge on any atom is 0.470 e. The summed E-state index contributed by atoms with van der Waals surface area (Å²) in [6.07, 6.45) is 0.168. The van der Waals surface area contributed by atoms with Crippen LogP contribution in [-0.2, 0) is 18.2 Å². The van der Waals surface area contributed by atoms with E-state index in [0.717, 1.165) is 0 Å². The monoisotopic (exact) mass is 466 g/mol. The largest absolute Gasteiger partial charge is 0.470 e. The van der Waals surface area contributed by atoms with E-state index in [2.05, 4.69) is 9.05 Å². The highest BCUT2D eigenvalue weighted by atomic mass is 31.2. The van der Waals surface area contributed by atoms with Crippen LogP contribution >= 0.6 is 15.6 Å². The zero-order valence-corrected chi connectivity index (χ0v) is 19.1. The number of hydrogen-bond donors (Lipinski definition) is 4. The van der Waals surface area contributed by atoms with Gasteiger partial charge in [0.25, 0.3) is 0 Å². The molecule has 0 aromatic heterocycles. The molecule has 1 rings (SSSR count). The summed E-state index contributed by atoms with van der Waals surface area (Å²) in [7, 11) is -9.34. The number of phosphoric ester groups is 2. The fourth-order valence-electron chi connectivity index (χ4n) is 2.69. The molecule has 0 amide bonds. The van der Waals surface area contributed by atoms with Crippen molar-refractivity contribution in [2.45, 2.75) is 64.6 Å². The summed E-state index contributed by atoms with van der Waals surface area (Å²) in [4.78, 5) is 60.2. The molecule has 10 nitrogen and oxygen atoms in total. The first-order chi connectivity index (χ1) is 13.4. The summed E-state index contributed by atoms with van der Waals surface area (Å²) in [5.41, 5.74) is -1.70. The summed E-state index contributed by atoms with van der Waals surface area (Å²) < 4.78 is 31.2. The number of carbonyl (C=O) groups is 2. The van der Waals surface area contributed by atoms with Gasteiger partial charge in [0.15, 0.2) is 11.6 Å². The molecule has 0 unspecified atom stereocenters. The van der Waals surface area contributed by atoms with E-state index in [0.29, 0.717) is 11.1 Å². The molecule has 170 valence electrons. The lowest BCUT2D eigenvalue weighted by molar-refractivity contribution is 0.0526. The summed E-state index contributed by atoms with van der Waals surface area (Å²) in [5.74, 6) is -0.542. The number of rotatable bonds is 12. The van der Waals surface area contributed by atoms with Gasteiger partial charge < -0.3 is 19.6 Å². The van der Waals surface area contributed by atoms with Crippen LogP contribution in [0.25, 0.3) is 0 Å². The lowest BCUT2D eigenvalue weighted by atomic mass is 9.95. The quantitative estimate of drug-likeness (QED) is 0.265. The minimum Gasteiger partial charge on any atom is -0.303 e. The summed E-state index contributed by atoms with van der Waals surface area (Å²) >= 11 is 0. The topological polar surface area (TPSA) is 168 Å². The van der Waals surface area contributed by atoms with Crippen molar-refractivity contribution in [3.8, 4) is 0 Å². The number of ketones is 2. The van der Waals surface area contributed by atoms with Crippen molar-refractivity contribution in [1.29, 1.82) is 0 Å². The van der Waals surface area contributed by atoms with E-state index in [1.807, 2.05) is 0 Å². The lowest BCUT2D eigenvalue weighted by Crippen LogP contribution is -2.24. The molecule has 4 N–H and O–H groups in total. The third-order valence-corrected chi connectivity index (χ3v) is 5.63. The fourth-order valence-corrected chi connectivity index (χ4v) is 4.17. The van der Waals surface area contributed by atoms with Crippen LogP contribution in [0.5, 0.6) is 0 Å². The molecule has 0 bridgehead atoms. The van der Waals surface area contributed by atoms with Gasteiger partial charge in [-0.1, -0.05) is 24.3 Å². The molecule has 30 heavy (non-hydrogen) atoms. The number of Topliss-reactive ketones (excluding diaryl/α,β-unsaturated/α-hetero) is 2. The second-order valence-corrected chi connectivity index (χ2v) is 10.4. The van der Waals surface area contributed by atoms with Crippen LogP contribution in [0.1, 0.15) is 74.1 Å². The molecule has 0 aliphatic carbocycles. The third kappa shape index (κ3) is 10.7. The number of benzene rings is 1. The van der Waals surface area contributed by atoms with Crippen molar-refractivity contribution < 1.29 is 47.3 Å². The van der Waals surface area contributed by atoms with Gasteiger partial charge in [-0.3, -0.25) is 18.6 Å². The molecule has 0 spiro atoms. The first-order valence-electron chi connectivity index (χ1n) is 9.08. The second-order valence-electron chi connectivity index (χ2n) is 8.11. The maximum atomic E-state index is 12.3. The Kier molecular flexibility index (Phi) is 8.88. The van der Waals surface area contributed by atoms with Crippen LogP contribution < -0.4 is 0 Å². The van der Waals surface area contributed by atoms with E-state index >= 15 is 0 Å². The van der Waals surface area contributed by atoms with E-state index in [4.69, 9.17) is 19.6 Å². The first-order valence-corrected chi connectivity index (χ1v) is 12.1. The van der Waals surface area contributed by atoms with E-state index in [-0.39, 0.29) is 37.2 Å². The standard InChI is InChI=1S/C18H28O10P2/c1-17(2,27-29(21,22)23)11-9-15(19)13-5-7-14(8-6-13)16(20)10-12-18(3,4)28-30(24,25)26/h5-8H,9-12H2,1-4H3,(H2,21,22,23)(H2,24,25,26). The molecule has 0 saturated heterocycles. The molecule has 1 aromatic rings. The Hall–Kier alpha value is -1.22. The van der Waals surface area contributed by atoms with Gasteiger partial charge in [0.1, 0.15) is 0 Å². The summed E-state index contributed by atoms with van der Waals surface area (Å²) in [5, 5.41) is 0. The molecule has 0 radical (unpaired) electrons. The second kappa shape index (κ2) is 9.94. The summed E-state index contributed by atoms with van der Waals surface area (Å²) in [6, 6.07) is 5.90. The Morgan fingerprint density at radius 1 is 0.733 bits per heavy atom. The minimum absolute atomic E-state index is 0.00576. The molecule has 0 fully saturated rings. The normalized spacial score (nSPS) is 13.3. The molecule has 0 aliphatic heterocycles. The third-order valence-electron chi connectivity index (χ3n) is 4.17. The highest BCUT2D eigenvalue weighted by molar-refractivity contribution is 7.46. The van der Waals surface area contributed by atoms with Crippen molar-refractivity contribution in [2.75, 3.05) is 0 Å². The van der Waals surface area contributed by atoms with E-state index in [1.54, 1.807) is 0 Å². The van der Waals surface area contributed by atoms with Crippen molar-refractivity contribution >= 4 is 27.2 Å². The highest BCUT2D eigenvalue weighted by Crippen LogP contribution is 2.43. The number of carbonyl (C=O) groups excluding carboxylic acids is 2. The van der Waals surface area contributed by atoms with Crippen LogP contribution in [0.15, 0.2) is 24.3 Å². The Bertz CT molecular complexity index is 777. The zero-order valence-electron chi connectivity index (χ0n) is 17.3. The molecule has 12 heteroatoms. The van der Waals surface area contributed by atoms with Crippen LogP contribution in [0, 0.1) is 0 Å². The highest BCUT2D eigenvalue weighted by Gasteiger charge is 2.30. The molecule has 0 heterocycles. The Morgan fingerprint density at radius 3 is 1.23 bits per heavy atom. The molecule has 1 aromatic carbocycles. The van der Waals surface area contributed by atoms with Crippen molar-refractivity contribution in [1.82, 2.24) is 0 Å². The van der Waals surface area contributed by atoms with Gasteiger partial charge in [0, 0.05) is 24.0 Å². The van der Waals surface area contributed by atoms with Crippen LogP contribution in [-0.4, -0.2) is 42.3 Å². The van der Waals surface area contributed by atoms with Gasteiger partial charge in [-0.2, -0.15) is 0 Å². The fraction of sp³-hybridized carbons (Fsp3) is 0.556. The Balaban J connectivity index is 2.65. The molecular formula is C18H28O10P2. The molecule has 0 aliphatic rings. The molecular weight excluding hydrogens is 438 g/mol. The minimum atomic E-state index is -4.67. The van der Waals surface area contributed by atoms with E-state index in [1.165, 1.54) is 52.0 Å². The Morgan fingerprint density at radius 2 is 1.00 bits per heavy atom.